The summed E-state index contributed by atoms with van der Waals surface area (Å²) in [4.78, 5) is 68.6. The van der Waals surface area contributed by atoms with Gasteiger partial charge in [0, 0.05) is 12.2 Å². The van der Waals surface area contributed by atoms with Gasteiger partial charge in [-0.3, -0.25) is 14.4 Å². The largest absolute Gasteiger partial charge is 0.494 e. The van der Waals surface area contributed by atoms with Crippen molar-refractivity contribution in [2.45, 2.75) is 109 Å². The molecule has 0 aliphatic carbocycles. The van der Waals surface area contributed by atoms with Gasteiger partial charge in [-0.15, -0.1) is 11.8 Å². The van der Waals surface area contributed by atoms with Crippen molar-refractivity contribution in [3.05, 3.63) is 138 Å². The molecule has 11 nitrogen and oxygen atoms in total. The van der Waals surface area contributed by atoms with E-state index >= 15 is 0 Å². The van der Waals surface area contributed by atoms with E-state index < -0.39 is 76.5 Å². The maximum atomic E-state index is 14.5. The van der Waals surface area contributed by atoms with Crippen LogP contribution in [0.25, 0.3) is 0 Å². The highest BCUT2D eigenvalue weighted by Gasteiger charge is 2.40. The van der Waals surface area contributed by atoms with E-state index in [-0.39, 0.29) is 18.8 Å². The van der Waals surface area contributed by atoms with Crippen LogP contribution in [0.5, 0.6) is 5.75 Å². The number of alkyl carbamates (subject to hydrolysis) is 1. The van der Waals surface area contributed by atoms with Gasteiger partial charge in [0.2, 0.25) is 5.91 Å². The number of nitrogens with one attached hydrogen (secondary N) is 2. The lowest BCUT2D eigenvalue weighted by Crippen LogP contribution is -2.49. The molecule has 0 bridgehead atoms. The highest BCUT2D eigenvalue weighted by molar-refractivity contribution is 8.00. The molecule has 0 saturated heterocycles. The number of hydrogen-bond acceptors (Lipinski definition) is 10. The predicted molar refractivity (Wildman–Crippen MR) is 238 cm³/mol. The monoisotopic (exact) mass is 852 g/mol. The van der Waals surface area contributed by atoms with E-state index in [2.05, 4.69) is 10.6 Å². The molecule has 12 heteroatoms. The van der Waals surface area contributed by atoms with Crippen LogP contribution in [0.2, 0.25) is 0 Å². The van der Waals surface area contributed by atoms with Crippen molar-refractivity contribution in [2.24, 2.45) is 5.92 Å². The molecule has 2 amide bonds. The number of carbonyl (C=O) groups excluding carboxylic acids is 5. The lowest BCUT2D eigenvalue weighted by molar-refractivity contribution is -0.157. The summed E-state index contributed by atoms with van der Waals surface area (Å²) >= 11 is 1.45. The van der Waals surface area contributed by atoms with Crippen molar-refractivity contribution in [1.82, 2.24) is 10.6 Å². The first-order chi connectivity index (χ1) is 28.9. The van der Waals surface area contributed by atoms with Gasteiger partial charge >= 0.3 is 18.0 Å². The Morgan fingerprint density at radius 3 is 1.59 bits per heavy atom. The second-order valence-electron chi connectivity index (χ2n) is 16.6. The normalized spacial score (nSPS) is 13.2. The molecular weight excluding hydrogens is 793 g/mol. The molecule has 0 saturated carbocycles. The second-order valence-corrected chi connectivity index (χ2v) is 17.8. The van der Waals surface area contributed by atoms with Gasteiger partial charge in [-0.1, -0.05) is 110 Å². The van der Waals surface area contributed by atoms with Gasteiger partial charge in [0.25, 0.3) is 0 Å². The van der Waals surface area contributed by atoms with Gasteiger partial charge < -0.3 is 29.6 Å². The van der Waals surface area contributed by atoms with Crippen LogP contribution < -0.4 is 15.4 Å². The average molecular weight is 853 g/mol. The maximum Gasteiger partial charge on any atom is 0.408 e. The third-order valence-electron chi connectivity index (χ3n) is 9.36. The summed E-state index contributed by atoms with van der Waals surface area (Å²) < 4.78 is 21.6. The van der Waals surface area contributed by atoms with Crippen LogP contribution in [-0.2, 0) is 44.7 Å². The number of esters is 2. The predicted octanol–water partition coefficient (Wildman–Crippen LogP) is 8.95. The van der Waals surface area contributed by atoms with E-state index in [9.17, 15) is 24.0 Å². The molecule has 4 aromatic rings. The van der Waals surface area contributed by atoms with Crippen LogP contribution in [0.3, 0.4) is 0 Å². The number of amides is 2. The van der Waals surface area contributed by atoms with Gasteiger partial charge in [0.15, 0.2) is 5.78 Å². The van der Waals surface area contributed by atoms with E-state index in [0.29, 0.717) is 17.9 Å². The Hall–Kier alpha value is -5.62. The zero-order valence-electron chi connectivity index (χ0n) is 36.5. The number of carbonyl (C=O) groups is 5. The number of ether oxygens (including phenoxy) is 4. The van der Waals surface area contributed by atoms with Gasteiger partial charge in [0.05, 0.1) is 29.7 Å². The SMILES string of the molecule is CCOc1ccc(COC(=O)[C@H](CSC(c2ccccc2)(c2ccccc2)c2ccccc2)NC(=O)[C@H](CC(=O)OC(C)(C)C)CC(=O)[C@H](CC)NC(=O)OC(C)(C)C)cc1. The molecule has 0 aromatic heterocycles. The lowest BCUT2D eigenvalue weighted by atomic mass is 9.84. The third-order valence-corrected chi connectivity index (χ3v) is 11.0. The Kier molecular flexibility index (Phi) is 17.6. The van der Waals surface area contributed by atoms with Crippen molar-refractivity contribution in [1.29, 1.82) is 0 Å². The van der Waals surface area contributed by atoms with Crippen LogP contribution in [0.1, 0.15) is 96.9 Å². The van der Waals surface area contributed by atoms with Crippen LogP contribution in [-0.4, -0.2) is 65.4 Å². The number of rotatable bonds is 20. The number of ketones is 1. The molecule has 0 unspecified atom stereocenters. The van der Waals surface area contributed by atoms with Gasteiger partial charge in [0.1, 0.15) is 29.6 Å². The first kappa shape index (κ1) is 48.1. The minimum atomic E-state index is -1.26. The van der Waals surface area contributed by atoms with Crippen molar-refractivity contribution >= 4 is 41.5 Å². The highest BCUT2D eigenvalue weighted by atomic mass is 32.2. The fourth-order valence-corrected chi connectivity index (χ4v) is 8.17. The topological polar surface area (TPSA) is 146 Å². The molecule has 0 radical (unpaired) electrons. The standard InChI is InChI=1S/C49H60N2O9S/c1-9-40(51-46(56)60-48(6,7)8)42(52)30-35(31-43(53)59-47(3,4)5)44(54)50-41(45(55)58-32-34-26-28-39(29-27-34)57-10-2)33-61-49(36-20-14-11-15-21-36,37-22-16-12-17-23-37)38-24-18-13-19-25-38/h11-29,35,40-41H,9-10,30-33H2,1-8H3,(H,50,54)(H,51,56)/t35-,40-,41-/m0/s1. The zero-order valence-corrected chi connectivity index (χ0v) is 37.3. The summed E-state index contributed by atoms with van der Waals surface area (Å²) in [6.07, 6.45) is -1.47. The Labute approximate surface area is 364 Å². The Morgan fingerprint density at radius 2 is 1.13 bits per heavy atom. The van der Waals surface area contributed by atoms with Crippen molar-refractivity contribution in [3.8, 4) is 5.75 Å². The molecule has 3 atom stereocenters. The van der Waals surface area contributed by atoms with Gasteiger partial charge in [-0.05, 0) is 89.3 Å². The summed E-state index contributed by atoms with van der Waals surface area (Å²) in [6.45, 7) is 14.3. The summed E-state index contributed by atoms with van der Waals surface area (Å²) in [6, 6.07) is 34.7. The van der Waals surface area contributed by atoms with E-state index in [1.165, 1.54) is 11.8 Å². The van der Waals surface area contributed by atoms with Crippen LogP contribution in [0, 0.1) is 5.92 Å². The van der Waals surface area contributed by atoms with Crippen LogP contribution >= 0.6 is 11.8 Å². The second kappa shape index (κ2) is 22.3. The molecule has 2 N–H and O–H groups in total. The van der Waals surface area contributed by atoms with E-state index in [1.807, 2.05) is 97.9 Å². The summed E-state index contributed by atoms with van der Waals surface area (Å²) in [5.74, 6) is -3.18. The summed E-state index contributed by atoms with van der Waals surface area (Å²) in [7, 11) is 0. The van der Waals surface area contributed by atoms with Gasteiger partial charge in [-0.2, -0.15) is 0 Å². The van der Waals surface area contributed by atoms with Gasteiger partial charge in [-0.25, -0.2) is 9.59 Å². The van der Waals surface area contributed by atoms with E-state index in [1.54, 1.807) is 72.7 Å². The Balaban J connectivity index is 1.72. The number of hydrogen-bond donors (Lipinski definition) is 2. The molecule has 0 aliphatic heterocycles. The third kappa shape index (κ3) is 14.8. The average Bonchev–Trinajstić information content (AvgIpc) is 3.21. The fourth-order valence-electron chi connectivity index (χ4n) is 6.63. The highest BCUT2D eigenvalue weighted by Crippen LogP contribution is 2.48. The Bertz CT molecular complexity index is 1930. The number of Topliss-reactive ketones (excluding diaryl/α,β-unsaturated/α-hetero) is 1. The molecule has 0 aliphatic rings. The van der Waals surface area contributed by atoms with Crippen molar-refractivity contribution in [2.75, 3.05) is 12.4 Å². The molecule has 0 fully saturated rings. The quantitative estimate of drug-likeness (QED) is 0.0502. The molecule has 4 rings (SSSR count). The summed E-state index contributed by atoms with van der Waals surface area (Å²) in [5.41, 5.74) is 1.87. The lowest BCUT2D eigenvalue weighted by Gasteiger charge is -2.36. The molecule has 0 spiro atoms. The van der Waals surface area contributed by atoms with Crippen LogP contribution in [0.4, 0.5) is 4.79 Å². The minimum absolute atomic E-state index is 0.0252. The maximum absolute atomic E-state index is 14.5. The van der Waals surface area contributed by atoms with Crippen molar-refractivity contribution in [3.63, 3.8) is 0 Å². The molecule has 61 heavy (non-hydrogen) atoms. The molecule has 4 aromatic carbocycles. The van der Waals surface area contributed by atoms with Crippen molar-refractivity contribution < 1.29 is 42.9 Å². The Morgan fingerprint density at radius 1 is 0.623 bits per heavy atom. The smallest absolute Gasteiger partial charge is 0.408 e. The molecule has 0 heterocycles. The summed E-state index contributed by atoms with van der Waals surface area (Å²) in [5, 5.41) is 5.48. The van der Waals surface area contributed by atoms with Crippen LogP contribution in [0.15, 0.2) is 115 Å². The first-order valence-electron chi connectivity index (χ1n) is 20.7. The zero-order chi connectivity index (χ0) is 44.6. The van der Waals surface area contributed by atoms with E-state index in [0.717, 1.165) is 16.7 Å². The van der Waals surface area contributed by atoms with E-state index in [4.69, 9.17) is 18.9 Å². The fraction of sp³-hybridized carbons (Fsp3) is 0.408. The molecule has 326 valence electrons. The minimum Gasteiger partial charge on any atom is -0.494 e. The first-order valence-corrected chi connectivity index (χ1v) is 21.7. The number of thioether (sulfide) groups is 1. The number of benzene rings is 4. The molecular formula is C49H60N2O9S.